The minimum atomic E-state index is -4.61. The van der Waals surface area contributed by atoms with E-state index in [1.165, 1.54) is 18.2 Å². The first kappa shape index (κ1) is 25.0. The molecule has 2 aromatic carbocycles. The summed E-state index contributed by atoms with van der Waals surface area (Å²) in [6.07, 6.45) is 6.89. The molecule has 5 rings (SSSR count). The number of likely N-dealkylation sites (tertiary alicyclic amines) is 1. The van der Waals surface area contributed by atoms with Crippen LogP contribution in [0.3, 0.4) is 0 Å². The zero-order chi connectivity index (χ0) is 26.2. The van der Waals surface area contributed by atoms with Gasteiger partial charge in [-0.25, -0.2) is 21.6 Å². The highest BCUT2D eigenvalue weighted by Crippen LogP contribution is 2.37. The van der Waals surface area contributed by atoms with Crippen LogP contribution in [0.25, 0.3) is 22.4 Å². The molecular formula is C26H24F3N5O2S. The van der Waals surface area contributed by atoms with Crippen molar-refractivity contribution in [2.24, 2.45) is 0 Å². The average molecular weight is 528 g/mol. The van der Waals surface area contributed by atoms with Gasteiger partial charge in [0.2, 0.25) is 0 Å². The summed E-state index contributed by atoms with van der Waals surface area (Å²) >= 11 is 0. The van der Waals surface area contributed by atoms with Gasteiger partial charge >= 0.3 is 0 Å². The van der Waals surface area contributed by atoms with Gasteiger partial charge in [0.05, 0.1) is 11.7 Å². The summed E-state index contributed by atoms with van der Waals surface area (Å²) < 4.78 is 73.1. The summed E-state index contributed by atoms with van der Waals surface area (Å²) in [6.45, 7) is 1.82. The molecule has 0 unspecified atom stereocenters. The molecule has 0 aliphatic carbocycles. The fraction of sp³-hybridized carbons (Fsp3) is 0.231. The highest BCUT2D eigenvalue weighted by molar-refractivity contribution is 7.92. The Balaban J connectivity index is 1.57. The van der Waals surface area contributed by atoms with Crippen molar-refractivity contribution >= 4 is 15.7 Å². The summed E-state index contributed by atoms with van der Waals surface area (Å²) in [5.74, 6) is -2.97. The summed E-state index contributed by atoms with van der Waals surface area (Å²) in [4.78, 5) is 5.37. The summed E-state index contributed by atoms with van der Waals surface area (Å²) in [5.41, 5.74) is 1.43. The number of halogens is 3. The molecule has 2 aromatic heterocycles. The molecule has 0 amide bonds. The number of piperidine rings is 1. The Hall–Kier alpha value is -3.70. The zero-order valence-corrected chi connectivity index (χ0v) is 20.7. The van der Waals surface area contributed by atoms with E-state index in [1.54, 1.807) is 24.5 Å². The third-order valence-corrected chi connectivity index (χ3v) is 7.85. The van der Waals surface area contributed by atoms with Crippen molar-refractivity contribution in [3.8, 4) is 22.4 Å². The van der Waals surface area contributed by atoms with E-state index in [2.05, 4.69) is 21.7 Å². The van der Waals surface area contributed by atoms with Crippen LogP contribution in [-0.4, -0.2) is 48.2 Å². The minimum absolute atomic E-state index is 0.0680. The monoisotopic (exact) mass is 527 g/mol. The van der Waals surface area contributed by atoms with Crippen LogP contribution in [0.5, 0.6) is 0 Å². The molecule has 0 radical (unpaired) electrons. The van der Waals surface area contributed by atoms with Gasteiger partial charge in [0, 0.05) is 29.7 Å². The molecule has 37 heavy (non-hydrogen) atoms. The molecule has 0 bridgehead atoms. The Morgan fingerprint density at radius 3 is 2.43 bits per heavy atom. The van der Waals surface area contributed by atoms with Gasteiger partial charge in [0.15, 0.2) is 5.82 Å². The molecule has 0 spiro atoms. The highest BCUT2D eigenvalue weighted by Gasteiger charge is 2.26. The van der Waals surface area contributed by atoms with Crippen molar-refractivity contribution in [3.05, 3.63) is 84.6 Å². The maximum atomic E-state index is 15.8. The number of hydrogen-bond donors (Lipinski definition) is 1. The standard InChI is InChI=1S/C26H24F3N5O2S/c1-33-13-9-19(10-14-33)34-16-21(17-7-11-30-12-8-17)26(31-34)20-3-2-4-23(25(20)29)32-37(35,36)24-15-18(27)5-6-22(24)28/h2-8,11-12,15-16,19,32H,9-10,13-14H2,1H3. The van der Waals surface area contributed by atoms with E-state index in [4.69, 9.17) is 5.10 Å². The molecule has 11 heteroatoms. The summed E-state index contributed by atoms with van der Waals surface area (Å²) in [7, 11) is -2.55. The van der Waals surface area contributed by atoms with E-state index in [0.717, 1.165) is 37.6 Å². The van der Waals surface area contributed by atoms with Crippen LogP contribution in [0, 0.1) is 17.5 Å². The first-order valence-corrected chi connectivity index (χ1v) is 13.2. The van der Waals surface area contributed by atoms with Crippen LogP contribution in [0.2, 0.25) is 0 Å². The van der Waals surface area contributed by atoms with Gasteiger partial charge in [0.25, 0.3) is 10.0 Å². The predicted octanol–water partition coefficient (Wildman–Crippen LogP) is 5.10. The SMILES string of the molecule is CN1CCC(n2cc(-c3ccncc3)c(-c3cccc(NS(=O)(=O)c4cc(F)ccc4F)c3F)n2)CC1. The smallest absolute Gasteiger partial charge is 0.265 e. The van der Waals surface area contributed by atoms with Crippen LogP contribution in [0.4, 0.5) is 18.9 Å². The van der Waals surface area contributed by atoms with Crippen LogP contribution in [0.15, 0.2) is 72.0 Å². The Bertz CT molecular complexity index is 1540. The molecule has 0 saturated carbocycles. The Morgan fingerprint density at radius 1 is 0.973 bits per heavy atom. The molecule has 4 aromatic rings. The molecule has 1 fully saturated rings. The topological polar surface area (TPSA) is 80.1 Å². The fourth-order valence-corrected chi connectivity index (χ4v) is 5.61. The molecule has 1 N–H and O–H groups in total. The second-order valence-corrected chi connectivity index (χ2v) is 10.6. The fourth-order valence-electron chi connectivity index (χ4n) is 4.46. The Labute approximate surface area is 212 Å². The molecule has 192 valence electrons. The predicted molar refractivity (Wildman–Crippen MR) is 134 cm³/mol. The quantitative estimate of drug-likeness (QED) is 0.378. The van der Waals surface area contributed by atoms with Crippen molar-refractivity contribution in [2.45, 2.75) is 23.8 Å². The first-order chi connectivity index (χ1) is 17.7. The van der Waals surface area contributed by atoms with Crippen LogP contribution in [-0.2, 0) is 10.0 Å². The van der Waals surface area contributed by atoms with E-state index in [9.17, 15) is 17.2 Å². The van der Waals surface area contributed by atoms with Crippen molar-refractivity contribution < 1.29 is 21.6 Å². The van der Waals surface area contributed by atoms with Gasteiger partial charge in [-0.2, -0.15) is 5.10 Å². The van der Waals surface area contributed by atoms with Crippen LogP contribution >= 0.6 is 0 Å². The number of hydrogen-bond acceptors (Lipinski definition) is 5. The average Bonchev–Trinajstić information content (AvgIpc) is 3.33. The van der Waals surface area contributed by atoms with E-state index in [-0.39, 0.29) is 11.6 Å². The number of nitrogens with one attached hydrogen (secondary N) is 1. The van der Waals surface area contributed by atoms with Gasteiger partial charge in [-0.1, -0.05) is 6.07 Å². The highest BCUT2D eigenvalue weighted by atomic mass is 32.2. The second-order valence-electron chi connectivity index (χ2n) is 8.99. The van der Waals surface area contributed by atoms with Crippen molar-refractivity contribution in [3.63, 3.8) is 0 Å². The lowest BCUT2D eigenvalue weighted by molar-refractivity contribution is 0.212. The molecule has 3 heterocycles. The summed E-state index contributed by atoms with van der Waals surface area (Å²) in [5, 5.41) is 4.74. The molecule has 0 atom stereocenters. The van der Waals surface area contributed by atoms with Gasteiger partial charge < -0.3 is 4.90 Å². The van der Waals surface area contributed by atoms with Gasteiger partial charge in [0.1, 0.15) is 22.2 Å². The lowest BCUT2D eigenvalue weighted by Gasteiger charge is -2.29. The Morgan fingerprint density at radius 2 is 1.70 bits per heavy atom. The van der Waals surface area contributed by atoms with Crippen molar-refractivity contribution in [2.75, 3.05) is 24.9 Å². The van der Waals surface area contributed by atoms with Gasteiger partial charge in [-0.15, -0.1) is 0 Å². The third-order valence-electron chi connectivity index (χ3n) is 6.47. The maximum absolute atomic E-state index is 15.8. The Kier molecular flexibility index (Phi) is 6.74. The number of sulfonamides is 1. The molecule has 1 aliphatic heterocycles. The number of pyridine rings is 1. The number of nitrogens with zero attached hydrogens (tertiary/aromatic N) is 4. The van der Waals surface area contributed by atoms with E-state index >= 15 is 4.39 Å². The van der Waals surface area contributed by atoms with Crippen LogP contribution < -0.4 is 4.72 Å². The van der Waals surface area contributed by atoms with Crippen LogP contribution in [0.1, 0.15) is 18.9 Å². The van der Waals surface area contributed by atoms with Gasteiger partial charge in [-0.3, -0.25) is 14.4 Å². The van der Waals surface area contributed by atoms with E-state index in [1.807, 2.05) is 10.9 Å². The number of anilines is 1. The van der Waals surface area contributed by atoms with Crippen molar-refractivity contribution in [1.82, 2.24) is 19.7 Å². The number of aromatic nitrogens is 3. The molecule has 1 aliphatic rings. The third kappa shape index (κ3) is 5.09. The van der Waals surface area contributed by atoms with E-state index in [0.29, 0.717) is 23.4 Å². The molecular weight excluding hydrogens is 503 g/mol. The molecule has 1 saturated heterocycles. The lowest BCUT2D eigenvalue weighted by Crippen LogP contribution is -2.31. The number of benzene rings is 2. The normalized spacial score (nSPS) is 15.1. The maximum Gasteiger partial charge on any atom is 0.265 e. The molecule has 7 nitrogen and oxygen atoms in total. The van der Waals surface area contributed by atoms with E-state index < -0.39 is 38.1 Å². The first-order valence-electron chi connectivity index (χ1n) is 11.7. The lowest BCUT2D eigenvalue weighted by atomic mass is 10.0. The largest absolute Gasteiger partial charge is 0.306 e. The number of rotatable bonds is 6. The second kappa shape index (κ2) is 9.98. The van der Waals surface area contributed by atoms with Gasteiger partial charge in [-0.05, 0) is 81.0 Å². The minimum Gasteiger partial charge on any atom is -0.306 e. The zero-order valence-electron chi connectivity index (χ0n) is 19.9. The van der Waals surface area contributed by atoms with Crippen molar-refractivity contribution in [1.29, 1.82) is 0 Å². The summed E-state index contributed by atoms with van der Waals surface area (Å²) in [6, 6.07) is 9.95.